The normalized spacial score (nSPS) is 16.7. The molecule has 0 aliphatic carbocycles. The van der Waals surface area contributed by atoms with Crippen molar-refractivity contribution in [1.29, 1.82) is 0 Å². The molecule has 0 radical (unpaired) electrons. The van der Waals surface area contributed by atoms with Crippen LogP contribution in [0, 0.1) is 12.8 Å². The van der Waals surface area contributed by atoms with Gasteiger partial charge >= 0.3 is 0 Å². The number of piperidine rings is 1. The Morgan fingerprint density at radius 3 is 2.48 bits per heavy atom. The van der Waals surface area contributed by atoms with Crippen LogP contribution in [-0.4, -0.2) is 44.7 Å². The summed E-state index contributed by atoms with van der Waals surface area (Å²) in [5, 5.41) is 0. The van der Waals surface area contributed by atoms with Gasteiger partial charge in [0.05, 0.1) is 20.8 Å². The van der Waals surface area contributed by atoms with Crippen molar-refractivity contribution in [3.05, 3.63) is 53.6 Å². The van der Waals surface area contributed by atoms with Crippen LogP contribution >= 0.6 is 0 Å². The Balaban J connectivity index is 1.65. The van der Waals surface area contributed by atoms with Gasteiger partial charge in [-0.2, -0.15) is 0 Å². The Bertz CT molecular complexity index is 767. The number of likely N-dealkylation sites (tertiary alicyclic amines) is 1. The van der Waals surface area contributed by atoms with Crippen LogP contribution in [0.3, 0.4) is 0 Å². The lowest BCUT2D eigenvalue weighted by Gasteiger charge is -2.33. The molecule has 0 spiro atoms. The Kier molecular flexibility index (Phi) is 6.22. The minimum atomic E-state index is 0.00721. The largest absolute Gasteiger partial charge is 0.497 e. The second-order valence-corrected chi connectivity index (χ2v) is 6.94. The van der Waals surface area contributed by atoms with E-state index in [-0.39, 0.29) is 5.91 Å². The number of methoxy groups -OCH3 is 2. The van der Waals surface area contributed by atoms with Crippen molar-refractivity contribution in [2.45, 2.75) is 19.8 Å². The summed E-state index contributed by atoms with van der Waals surface area (Å²) in [5.74, 6) is 2.49. The van der Waals surface area contributed by atoms with E-state index in [1.807, 2.05) is 36.1 Å². The number of amides is 1. The molecule has 0 aromatic heterocycles. The molecule has 27 heavy (non-hydrogen) atoms. The zero-order valence-electron chi connectivity index (χ0n) is 16.2. The third-order valence-electron chi connectivity index (χ3n) is 4.97. The quantitative estimate of drug-likeness (QED) is 0.774. The molecule has 0 bridgehead atoms. The molecule has 2 aromatic rings. The van der Waals surface area contributed by atoms with Crippen LogP contribution in [0.5, 0.6) is 17.2 Å². The lowest BCUT2D eigenvalue weighted by atomic mass is 9.98. The van der Waals surface area contributed by atoms with E-state index in [1.54, 1.807) is 32.4 Å². The molecule has 1 saturated heterocycles. The summed E-state index contributed by atoms with van der Waals surface area (Å²) >= 11 is 0. The molecular formula is C22H27NO4. The molecule has 144 valence electrons. The van der Waals surface area contributed by atoms with Gasteiger partial charge in [-0.25, -0.2) is 0 Å². The number of hydrogen-bond donors (Lipinski definition) is 0. The summed E-state index contributed by atoms with van der Waals surface area (Å²) in [6.45, 7) is 4.13. The first kappa shape index (κ1) is 19.1. The van der Waals surface area contributed by atoms with E-state index in [4.69, 9.17) is 14.2 Å². The third kappa shape index (κ3) is 4.73. The van der Waals surface area contributed by atoms with E-state index in [0.29, 0.717) is 36.1 Å². The average Bonchev–Trinajstić information content (AvgIpc) is 2.72. The molecule has 2 aromatic carbocycles. The highest BCUT2D eigenvalue weighted by atomic mass is 16.5. The zero-order valence-corrected chi connectivity index (χ0v) is 16.2. The second kappa shape index (κ2) is 8.80. The Morgan fingerprint density at radius 1 is 1.11 bits per heavy atom. The number of hydrogen-bond acceptors (Lipinski definition) is 4. The average molecular weight is 369 g/mol. The first-order chi connectivity index (χ1) is 13.1. The maximum Gasteiger partial charge on any atom is 0.254 e. The van der Waals surface area contributed by atoms with Crippen LogP contribution in [-0.2, 0) is 0 Å². The fourth-order valence-corrected chi connectivity index (χ4v) is 3.43. The molecule has 5 heteroatoms. The van der Waals surface area contributed by atoms with E-state index in [1.165, 1.54) is 0 Å². The van der Waals surface area contributed by atoms with Crippen molar-refractivity contribution in [1.82, 2.24) is 4.90 Å². The molecule has 1 aliphatic rings. The van der Waals surface area contributed by atoms with E-state index in [9.17, 15) is 4.79 Å². The highest BCUT2D eigenvalue weighted by Crippen LogP contribution is 2.26. The number of aryl methyl sites for hydroxylation is 1. The van der Waals surface area contributed by atoms with Crippen molar-refractivity contribution >= 4 is 5.91 Å². The molecule has 1 aliphatic heterocycles. The maximum absolute atomic E-state index is 13.0. The van der Waals surface area contributed by atoms with E-state index >= 15 is 0 Å². The van der Waals surface area contributed by atoms with Gasteiger partial charge in [0.1, 0.15) is 17.2 Å². The first-order valence-electron chi connectivity index (χ1n) is 9.31. The van der Waals surface area contributed by atoms with Gasteiger partial charge in [0.15, 0.2) is 0 Å². The fraction of sp³-hybridized carbons (Fsp3) is 0.409. The summed E-state index contributed by atoms with van der Waals surface area (Å²) < 4.78 is 16.6. The Labute approximate surface area is 160 Å². The highest BCUT2D eigenvalue weighted by molar-refractivity contribution is 5.95. The number of ether oxygens (including phenoxy) is 3. The second-order valence-electron chi connectivity index (χ2n) is 6.94. The number of benzene rings is 2. The molecule has 1 fully saturated rings. The fourth-order valence-electron chi connectivity index (χ4n) is 3.43. The SMILES string of the molecule is COc1cc(OC)cc(C(=O)N2CCCC(COc3ccccc3C)C2)c1. The van der Waals surface area contributed by atoms with Gasteiger partial charge < -0.3 is 19.1 Å². The Morgan fingerprint density at radius 2 is 1.81 bits per heavy atom. The van der Waals surface area contributed by atoms with E-state index in [0.717, 1.165) is 30.7 Å². The van der Waals surface area contributed by atoms with Gasteiger partial charge in [-0.3, -0.25) is 4.79 Å². The van der Waals surface area contributed by atoms with E-state index < -0.39 is 0 Å². The Hall–Kier alpha value is -2.69. The van der Waals surface area contributed by atoms with Crippen LogP contribution in [0.1, 0.15) is 28.8 Å². The van der Waals surface area contributed by atoms with Crippen LogP contribution in [0.4, 0.5) is 0 Å². The topological polar surface area (TPSA) is 48.0 Å². The standard InChI is InChI=1S/C22H27NO4/c1-16-7-4-5-9-21(16)27-15-17-8-6-10-23(14-17)22(24)18-11-19(25-2)13-20(12-18)26-3/h4-5,7,9,11-13,17H,6,8,10,14-15H2,1-3H3. The minimum absolute atomic E-state index is 0.00721. The summed E-state index contributed by atoms with van der Waals surface area (Å²) in [6, 6.07) is 13.3. The van der Waals surface area contributed by atoms with E-state index in [2.05, 4.69) is 0 Å². The predicted octanol–water partition coefficient (Wildman–Crippen LogP) is 3.94. The molecule has 1 amide bonds. The molecule has 0 saturated carbocycles. The predicted molar refractivity (Wildman–Crippen MR) is 105 cm³/mol. The van der Waals surface area contributed by atoms with Gasteiger partial charge in [0.2, 0.25) is 0 Å². The van der Waals surface area contributed by atoms with Gasteiger partial charge in [-0.1, -0.05) is 18.2 Å². The van der Waals surface area contributed by atoms with Crippen molar-refractivity contribution < 1.29 is 19.0 Å². The third-order valence-corrected chi connectivity index (χ3v) is 4.97. The molecule has 5 nitrogen and oxygen atoms in total. The van der Waals surface area contributed by atoms with Crippen molar-refractivity contribution in [3.8, 4) is 17.2 Å². The van der Waals surface area contributed by atoms with Crippen LogP contribution < -0.4 is 14.2 Å². The maximum atomic E-state index is 13.0. The lowest BCUT2D eigenvalue weighted by Crippen LogP contribution is -2.41. The monoisotopic (exact) mass is 369 g/mol. The molecule has 3 rings (SSSR count). The molecule has 1 unspecified atom stereocenters. The summed E-state index contributed by atoms with van der Waals surface area (Å²) in [6.07, 6.45) is 2.05. The first-order valence-corrected chi connectivity index (χ1v) is 9.31. The van der Waals surface area contributed by atoms with Gasteiger partial charge in [-0.15, -0.1) is 0 Å². The van der Waals surface area contributed by atoms with Crippen molar-refractivity contribution in [2.24, 2.45) is 5.92 Å². The summed E-state index contributed by atoms with van der Waals surface area (Å²) in [5.41, 5.74) is 1.72. The summed E-state index contributed by atoms with van der Waals surface area (Å²) in [7, 11) is 3.17. The summed E-state index contributed by atoms with van der Waals surface area (Å²) in [4.78, 5) is 14.9. The number of nitrogens with zero attached hydrogens (tertiary/aromatic N) is 1. The number of carbonyl (C=O) groups is 1. The van der Waals surface area contributed by atoms with Gasteiger partial charge in [0, 0.05) is 30.6 Å². The van der Waals surface area contributed by atoms with Crippen molar-refractivity contribution in [2.75, 3.05) is 33.9 Å². The highest BCUT2D eigenvalue weighted by Gasteiger charge is 2.25. The van der Waals surface area contributed by atoms with Crippen molar-refractivity contribution in [3.63, 3.8) is 0 Å². The molecule has 1 atom stereocenters. The van der Waals surface area contributed by atoms with Gasteiger partial charge in [0.25, 0.3) is 5.91 Å². The van der Waals surface area contributed by atoms with Gasteiger partial charge in [-0.05, 0) is 43.5 Å². The smallest absolute Gasteiger partial charge is 0.254 e. The number of rotatable bonds is 6. The minimum Gasteiger partial charge on any atom is -0.497 e. The zero-order chi connectivity index (χ0) is 19.2. The molecule has 1 heterocycles. The number of carbonyl (C=O) groups excluding carboxylic acids is 1. The molecule has 0 N–H and O–H groups in total. The molecular weight excluding hydrogens is 342 g/mol. The van der Waals surface area contributed by atoms with Crippen LogP contribution in [0.15, 0.2) is 42.5 Å². The number of para-hydroxylation sites is 1. The van der Waals surface area contributed by atoms with Crippen LogP contribution in [0.2, 0.25) is 0 Å². The lowest BCUT2D eigenvalue weighted by molar-refractivity contribution is 0.0632. The van der Waals surface area contributed by atoms with Crippen LogP contribution in [0.25, 0.3) is 0 Å².